The van der Waals surface area contributed by atoms with Gasteiger partial charge in [-0.05, 0) is 70.7 Å². The number of fused-ring (bicyclic) bond motifs is 1. The van der Waals surface area contributed by atoms with Gasteiger partial charge in [0.2, 0.25) is 0 Å². The lowest BCUT2D eigenvalue weighted by Gasteiger charge is -2.14. The quantitative estimate of drug-likeness (QED) is 0.566. The van der Waals surface area contributed by atoms with E-state index in [1.807, 2.05) is 24.5 Å². The first-order valence-corrected chi connectivity index (χ1v) is 10.2. The number of anilines is 1. The number of carbonyl (C=O) groups excluding carboxylic acids is 3. The number of Topliss-reactive ketones (excluding diaryl/α,β-unsaturated/α-hetero) is 1. The van der Waals surface area contributed by atoms with Gasteiger partial charge in [-0.25, -0.2) is 0 Å². The van der Waals surface area contributed by atoms with E-state index in [9.17, 15) is 14.4 Å². The Kier molecular flexibility index (Phi) is 5.85. The van der Waals surface area contributed by atoms with Crippen LogP contribution in [0.15, 0.2) is 18.2 Å². The van der Waals surface area contributed by atoms with Gasteiger partial charge in [-0.15, -0.1) is 0 Å². The molecule has 3 rings (SSSR count). The molecular weight excluding hydrogens is 390 g/mol. The van der Waals surface area contributed by atoms with Gasteiger partial charge in [-0.2, -0.15) is 0 Å². The minimum absolute atomic E-state index is 0.0702. The Morgan fingerprint density at radius 2 is 1.90 bits per heavy atom. The lowest BCUT2D eigenvalue weighted by Crippen LogP contribution is -2.36. The number of aryl methyl sites for hydroxylation is 1. The van der Waals surface area contributed by atoms with Gasteiger partial charge < -0.3 is 15.2 Å². The van der Waals surface area contributed by atoms with Crippen LogP contribution >= 0.6 is 11.6 Å². The molecular formula is C22H26ClN3O3. The number of carbonyl (C=O) groups is 3. The van der Waals surface area contributed by atoms with Gasteiger partial charge in [-0.1, -0.05) is 17.7 Å². The monoisotopic (exact) mass is 415 g/mol. The van der Waals surface area contributed by atoms with Crippen LogP contribution in [0.2, 0.25) is 5.02 Å². The van der Waals surface area contributed by atoms with Crippen molar-refractivity contribution < 1.29 is 14.4 Å². The molecule has 2 N–H and O–H groups in total. The maximum Gasteiger partial charge on any atom is 0.292 e. The summed E-state index contributed by atoms with van der Waals surface area (Å²) in [5.41, 5.74) is 3.55. The first-order chi connectivity index (χ1) is 13.6. The maximum absolute atomic E-state index is 13.1. The summed E-state index contributed by atoms with van der Waals surface area (Å²) in [5.74, 6) is -1.56. The Morgan fingerprint density at radius 1 is 1.21 bits per heavy atom. The van der Waals surface area contributed by atoms with Crippen molar-refractivity contribution >= 4 is 34.9 Å². The van der Waals surface area contributed by atoms with Gasteiger partial charge >= 0.3 is 0 Å². The molecule has 1 aromatic carbocycles. The Morgan fingerprint density at radius 3 is 2.52 bits per heavy atom. The van der Waals surface area contributed by atoms with Gasteiger partial charge in [0.15, 0.2) is 0 Å². The van der Waals surface area contributed by atoms with Crippen molar-refractivity contribution in [2.24, 2.45) is 0 Å². The van der Waals surface area contributed by atoms with Crippen molar-refractivity contribution in [3.8, 4) is 0 Å². The fraction of sp³-hybridized carbons (Fsp3) is 0.409. The Labute approximate surface area is 175 Å². The largest absolute Gasteiger partial charge is 0.347 e. The molecule has 29 heavy (non-hydrogen) atoms. The first kappa shape index (κ1) is 21.1. The average Bonchev–Trinajstić information content (AvgIpc) is 3.13. The molecule has 2 amide bonds. The average molecular weight is 416 g/mol. The summed E-state index contributed by atoms with van der Waals surface area (Å²) >= 11 is 6.17. The number of nitrogens with one attached hydrogen (secondary N) is 2. The van der Waals surface area contributed by atoms with Crippen LogP contribution in [0.1, 0.15) is 70.9 Å². The van der Waals surface area contributed by atoms with Crippen molar-refractivity contribution in [2.75, 3.05) is 5.32 Å². The third-order valence-corrected chi connectivity index (χ3v) is 5.70. The number of ketones is 1. The first-order valence-electron chi connectivity index (χ1n) is 9.78. The van der Waals surface area contributed by atoms with E-state index in [4.69, 9.17) is 11.6 Å². The molecule has 154 valence electrons. The molecule has 0 bridgehead atoms. The van der Waals surface area contributed by atoms with E-state index < -0.39 is 11.7 Å². The molecule has 0 radical (unpaired) electrons. The highest BCUT2D eigenvalue weighted by molar-refractivity contribution is 6.43. The molecule has 2 heterocycles. The zero-order valence-electron chi connectivity index (χ0n) is 17.4. The predicted octanol–water partition coefficient (Wildman–Crippen LogP) is 4.23. The minimum Gasteiger partial charge on any atom is -0.347 e. The topological polar surface area (TPSA) is 80.2 Å². The molecule has 0 unspecified atom stereocenters. The fourth-order valence-electron chi connectivity index (χ4n) is 3.86. The highest BCUT2D eigenvalue weighted by Crippen LogP contribution is 2.36. The van der Waals surface area contributed by atoms with Crippen molar-refractivity contribution in [2.45, 2.75) is 59.5 Å². The van der Waals surface area contributed by atoms with Gasteiger partial charge in [0.1, 0.15) is 5.69 Å². The third-order valence-electron chi connectivity index (χ3n) is 5.29. The summed E-state index contributed by atoms with van der Waals surface area (Å²) in [6, 6.07) is 5.25. The number of benzene rings is 1. The van der Waals surface area contributed by atoms with E-state index in [0.29, 0.717) is 34.0 Å². The fourth-order valence-corrected chi connectivity index (χ4v) is 4.04. The summed E-state index contributed by atoms with van der Waals surface area (Å²) < 4.78 is 1.90. The van der Waals surface area contributed by atoms with Gasteiger partial charge in [-0.3, -0.25) is 14.4 Å². The normalized spacial score (nSPS) is 15.3. The van der Waals surface area contributed by atoms with Crippen LogP contribution in [0, 0.1) is 13.8 Å². The predicted molar refractivity (Wildman–Crippen MR) is 114 cm³/mol. The Bertz CT molecular complexity index is 1010. The number of aromatic nitrogens is 1. The van der Waals surface area contributed by atoms with Crippen LogP contribution in [0.4, 0.5) is 5.69 Å². The van der Waals surface area contributed by atoms with E-state index in [2.05, 4.69) is 10.6 Å². The molecule has 0 saturated heterocycles. The molecule has 0 saturated carbocycles. The molecule has 1 aliphatic rings. The molecule has 7 heteroatoms. The highest BCUT2D eigenvalue weighted by atomic mass is 35.5. The van der Waals surface area contributed by atoms with Crippen molar-refractivity contribution in [3.63, 3.8) is 0 Å². The molecule has 1 aromatic heterocycles. The van der Waals surface area contributed by atoms with E-state index >= 15 is 0 Å². The standard InChI is InChI=1S/C22H26ClN3O3/c1-11(2)24-22(29)20(27)18-14(5)19(26-13(4)7-9-17(18)26)21(28)25-15-8-6-12(3)16(23)10-15/h6,8,10-11,13H,7,9H2,1-5H3,(H,24,29)(H,25,28)/t13-/m1/s1. The second-order valence-electron chi connectivity index (χ2n) is 7.93. The second kappa shape index (κ2) is 8.03. The highest BCUT2D eigenvalue weighted by Gasteiger charge is 2.35. The number of rotatable bonds is 5. The Balaban J connectivity index is 2.01. The van der Waals surface area contributed by atoms with E-state index in [-0.39, 0.29) is 18.0 Å². The van der Waals surface area contributed by atoms with Gasteiger partial charge in [0.05, 0.1) is 5.56 Å². The van der Waals surface area contributed by atoms with Crippen molar-refractivity contribution in [1.29, 1.82) is 0 Å². The van der Waals surface area contributed by atoms with Gasteiger partial charge in [0.25, 0.3) is 17.6 Å². The number of halogens is 1. The number of hydrogen-bond donors (Lipinski definition) is 2. The summed E-state index contributed by atoms with van der Waals surface area (Å²) in [4.78, 5) is 38.3. The van der Waals surface area contributed by atoms with E-state index in [1.54, 1.807) is 32.9 Å². The lowest BCUT2D eigenvalue weighted by atomic mass is 10.0. The van der Waals surface area contributed by atoms with E-state index in [1.165, 1.54) is 0 Å². The van der Waals surface area contributed by atoms with Crippen LogP contribution in [0.3, 0.4) is 0 Å². The molecule has 0 spiro atoms. The third kappa shape index (κ3) is 3.94. The number of hydrogen-bond acceptors (Lipinski definition) is 3. The summed E-state index contributed by atoms with van der Waals surface area (Å²) in [6.07, 6.45) is 1.47. The van der Waals surface area contributed by atoms with Crippen LogP contribution in [-0.4, -0.2) is 28.2 Å². The van der Waals surface area contributed by atoms with Crippen LogP contribution < -0.4 is 10.6 Å². The maximum atomic E-state index is 13.1. The Hall–Kier alpha value is -2.60. The van der Waals surface area contributed by atoms with Crippen molar-refractivity contribution in [1.82, 2.24) is 9.88 Å². The molecule has 2 aromatic rings. The van der Waals surface area contributed by atoms with Crippen LogP contribution in [0.25, 0.3) is 0 Å². The zero-order chi connectivity index (χ0) is 21.5. The summed E-state index contributed by atoms with van der Waals surface area (Å²) in [5, 5.41) is 6.09. The molecule has 1 atom stereocenters. The molecule has 6 nitrogen and oxygen atoms in total. The van der Waals surface area contributed by atoms with Crippen LogP contribution in [-0.2, 0) is 11.2 Å². The smallest absolute Gasteiger partial charge is 0.292 e. The lowest BCUT2D eigenvalue weighted by molar-refractivity contribution is -0.117. The molecule has 1 aliphatic heterocycles. The van der Waals surface area contributed by atoms with E-state index in [0.717, 1.165) is 17.7 Å². The van der Waals surface area contributed by atoms with Crippen LogP contribution in [0.5, 0.6) is 0 Å². The summed E-state index contributed by atoms with van der Waals surface area (Å²) in [6.45, 7) is 9.23. The summed E-state index contributed by atoms with van der Waals surface area (Å²) in [7, 11) is 0. The second-order valence-corrected chi connectivity index (χ2v) is 8.34. The minimum atomic E-state index is -0.645. The molecule has 0 aliphatic carbocycles. The molecule has 0 fully saturated rings. The number of nitrogens with zero attached hydrogens (tertiary/aromatic N) is 1. The van der Waals surface area contributed by atoms with Crippen molar-refractivity contribution in [3.05, 3.63) is 51.3 Å². The zero-order valence-corrected chi connectivity index (χ0v) is 18.1. The van der Waals surface area contributed by atoms with Gasteiger partial charge in [0, 0.05) is 28.5 Å². The SMILES string of the molecule is Cc1ccc(NC(=O)c2c(C)c(C(=O)C(=O)NC(C)C)c3n2[C@H](C)CC3)cc1Cl. The number of amides is 2.